The molecule has 0 aliphatic carbocycles. The van der Waals surface area contributed by atoms with Gasteiger partial charge in [0.1, 0.15) is 0 Å². The zero-order valence-electron chi connectivity index (χ0n) is 19.7. The SMILES string of the molecule is C#CC(=O)C=CCCCCCCC#CC(=O)C=CC(=O)C#CCCCCCCC=CC(=O)C#C. The quantitative estimate of drug-likeness (QED) is 0.144. The third-order valence-electron chi connectivity index (χ3n) is 4.48. The largest absolute Gasteiger partial charge is 0.280 e. The first-order chi connectivity index (χ1) is 16.5. The summed E-state index contributed by atoms with van der Waals surface area (Å²) in [6, 6.07) is 0. The first-order valence-electron chi connectivity index (χ1n) is 11.6. The molecule has 0 saturated carbocycles. The fourth-order valence-corrected chi connectivity index (χ4v) is 2.67. The molecule has 176 valence electrons. The van der Waals surface area contributed by atoms with Crippen molar-refractivity contribution in [1.82, 2.24) is 0 Å². The molecule has 0 aliphatic heterocycles. The van der Waals surface area contributed by atoms with E-state index in [2.05, 4.69) is 23.7 Å². The van der Waals surface area contributed by atoms with Crippen LogP contribution in [0.1, 0.15) is 77.0 Å². The zero-order valence-corrected chi connectivity index (χ0v) is 19.7. The predicted octanol–water partition coefficient (Wildman–Crippen LogP) is 4.89. The summed E-state index contributed by atoms with van der Waals surface area (Å²) in [4.78, 5) is 45.1. The number of hydrogen-bond acceptors (Lipinski definition) is 4. The molecule has 0 atom stereocenters. The topological polar surface area (TPSA) is 68.3 Å². The van der Waals surface area contributed by atoms with E-state index >= 15 is 0 Å². The van der Waals surface area contributed by atoms with E-state index in [9.17, 15) is 19.2 Å². The number of rotatable bonds is 16. The molecule has 0 aromatic heterocycles. The van der Waals surface area contributed by atoms with Crippen LogP contribution in [-0.4, -0.2) is 23.1 Å². The summed E-state index contributed by atoms with van der Waals surface area (Å²) in [7, 11) is 0. The van der Waals surface area contributed by atoms with Gasteiger partial charge in [-0.3, -0.25) is 19.2 Å². The van der Waals surface area contributed by atoms with E-state index in [0.29, 0.717) is 12.8 Å². The summed E-state index contributed by atoms with van der Waals surface area (Å²) in [6.45, 7) is 0. The molecule has 0 N–H and O–H groups in total. The summed E-state index contributed by atoms with van der Waals surface area (Å²) < 4.78 is 0. The van der Waals surface area contributed by atoms with Crippen molar-refractivity contribution in [3.63, 3.8) is 0 Å². The Hall–Kier alpha value is -3.86. The third kappa shape index (κ3) is 21.4. The zero-order chi connectivity index (χ0) is 25.3. The van der Waals surface area contributed by atoms with Gasteiger partial charge in [-0.2, -0.15) is 0 Å². The van der Waals surface area contributed by atoms with E-state index < -0.39 is 11.6 Å². The molecule has 0 amide bonds. The first kappa shape index (κ1) is 30.1. The van der Waals surface area contributed by atoms with Crippen LogP contribution < -0.4 is 0 Å². The molecule has 0 saturated heterocycles. The molecular formula is C30H32O4. The molecule has 0 spiro atoms. The highest BCUT2D eigenvalue weighted by molar-refractivity contribution is 6.11. The van der Waals surface area contributed by atoms with Crippen LogP contribution in [-0.2, 0) is 19.2 Å². The van der Waals surface area contributed by atoms with Crippen molar-refractivity contribution < 1.29 is 19.2 Å². The Kier molecular flexibility index (Phi) is 19.8. The number of terminal acetylenes is 2. The van der Waals surface area contributed by atoms with Gasteiger partial charge in [0.2, 0.25) is 23.1 Å². The normalized spacial score (nSPS) is 10.2. The second-order valence-corrected chi connectivity index (χ2v) is 7.39. The van der Waals surface area contributed by atoms with Gasteiger partial charge in [-0.05, 0) is 86.5 Å². The van der Waals surface area contributed by atoms with Crippen molar-refractivity contribution in [2.75, 3.05) is 0 Å². The van der Waals surface area contributed by atoms with Crippen molar-refractivity contribution in [1.29, 1.82) is 0 Å². The lowest BCUT2D eigenvalue weighted by Gasteiger charge is -1.95. The molecule has 0 aliphatic rings. The Morgan fingerprint density at radius 2 is 0.882 bits per heavy atom. The minimum atomic E-state index is -0.406. The Balaban J connectivity index is 3.82. The standard InChI is InChI=1S/C30H32O4/c1-3-27(31)21-17-13-9-5-7-11-15-19-23-29(33)25-26-30(34)24-20-16-12-8-6-10-14-18-22-28(32)4-2/h1-2,17-18,21-22,25-26H,5-16H2. The minimum absolute atomic E-state index is 0.312. The second kappa shape index (κ2) is 22.3. The summed E-state index contributed by atoms with van der Waals surface area (Å²) in [5.74, 6) is 13.3. The fourth-order valence-electron chi connectivity index (χ4n) is 2.67. The smallest absolute Gasteiger partial charge is 0.228 e. The van der Waals surface area contributed by atoms with Crippen LogP contribution in [0.15, 0.2) is 36.5 Å². The van der Waals surface area contributed by atoms with Crippen LogP contribution in [0.2, 0.25) is 0 Å². The molecule has 0 aromatic carbocycles. The molecule has 0 unspecified atom stereocenters. The number of hydrogen-bond donors (Lipinski definition) is 0. The van der Waals surface area contributed by atoms with Crippen LogP contribution in [0.4, 0.5) is 0 Å². The maximum Gasteiger partial charge on any atom is 0.228 e. The van der Waals surface area contributed by atoms with Gasteiger partial charge in [0.25, 0.3) is 0 Å². The Labute approximate surface area is 204 Å². The number of carbonyl (C=O) groups excluding carboxylic acids is 4. The van der Waals surface area contributed by atoms with E-state index in [1.165, 1.54) is 12.2 Å². The van der Waals surface area contributed by atoms with Gasteiger partial charge in [-0.25, -0.2) is 0 Å². The number of ketones is 4. The first-order valence-corrected chi connectivity index (χ1v) is 11.6. The van der Waals surface area contributed by atoms with Crippen molar-refractivity contribution in [3.05, 3.63) is 36.5 Å². The van der Waals surface area contributed by atoms with E-state index in [-0.39, 0.29) is 11.6 Å². The van der Waals surface area contributed by atoms with E-state index in [1.54, 1.807) is 12.2 Å². The lowest BCUT2D eigenvalue weighted by Crippen LogP contribution is -1.91. The lowest BCUT2D eigenvalue weighted by atomic mass is 10.1. The van der Waals surface area contributed by atoms with Gasteiger partial charge < -0.3 is 0 Å². The number of carbonyl (C=O) groups is 4. The van der Waals surface area contributed by atoms with Gasteiger partial charge in [0.05, 0.1) is 0 Å². The lowest BCUT2D eigenvalue weighted by molar-refractivity contribution is -0.111. The monoisotopic (exact) mass is 456 g/mol. The van der Waals surface area contributed by atoms with Crippen LogP contribution in [0.25, 0.3) is 0 Å². The molecule has 0 bridgehead atoms. The average molecular weight is 457 g/mol. The van der Waals surface area contributed by atoms with Crippen LogP contribution in [0.3, 0.4) is 0 Å². The molecule has 4 nitrogen and oxygen atoms in total. The van der Waals surface area contributed by atoms with Gasteiger partial charge in [-0.1, -0.05) is 49.7 Å². The van der Waals surface area contributed by atoms with E-state index in [4.69, 9.17) is 12.8 Å². The molecule has 0 rings (SSSR count). The third-order valence-corrected chi connectivity index (χ3v) is 4.48. The maximum atomic E-state index is 11.7. The maximum absolute atomic E-state index is 11.7. The Morgan fingerprint density at radius 1 is 0.500 bits per heavy atom. The summed E-state index contributed by atoms with van der Waals surface area (Å²) in [5.41, 5.74) is 0. The molecule has 0 heterocycles. The van der Waals surface area contributed by atoms with Crippen LogP contribution in [0.5, 0.6) is 0 Å². The van der Waals surface area contributed by atoms with Crippen molar-refractivity contribution in [2.45, 2.75) is 77.0 Å². The van der Waals surface area contributed by atoms with Crippen molar-refractivity contribution in [3.8, 4) is 48.4 Å². The molecule has 0 fully saturated rings. The molecule has 0 radical (unpaired) electrons. The highest BCUT2D eigenvalue weighted by Gasteiger charge is 1.94. The fraction of sp³-hybridized carbons (Fsp3) is 0.400. The summed E-state index contributed by atoms with van der Waals surface area (Å²) in [6.07, 6.45) is 29.3. The van der Waals surface area contributed by atoms with Crippen molar-refractivity contribution in [2.24, 2.45) is 0 Å². The predicted molar refractivity (Wildman–Crippen MR) is 136 cm³/mol. The van der Waals surface area contributed by atoms with Crippen molar-refractivity contribution >= 4 is 23.1 Å². The number of allylic oxidation sites excluding steroid dienone is 6. The van der Waals surface area contributed by atoms with Gasteiger partial charge in [-0.15, -0.1) is 12.8 Å². The second-order valence-electron chi connectivity index (χ2n) is 7.39. The average Bonchev–Trinajstić information content (AvgIpc) is 2.84. The minimum Gasteiger partial charge on any atom is -0.280 e. The molecule has 4 heteroatoms. The van der Waals surface area contributed by atoms with E-state index in [1.807, 2.05) is 11.8 Å². The van der Waals surface area contributed by atoms with Gasteiger partial charge >= 0.3 is 0 Å². The number of unbranched alkanes of at least 4 members (excludes halogenated alkanes) is 10. The highest BCUT2D eigenvalue weighted by Crippen LogP contribution is 2.06. The molecule has 0 aromatic rings. The summed E-state index contributed by atoms with van der Waals surface area (Å²) in [5, 5.41) is 0. The molecular weight excluding hydrogens is 424 g/mol. The van der Waals surface area contributed by atoms with Gasteiger partial charge in [0, 0.05) is 12.8 Å². The Bertz CT molecular complexity index is 889. The summed E-state index contributed by atoms with van der Waals surface area (Å²) >= 11 is 0. The van der Waals surface area contributed by atoms with E-state index in [0.717, 1.165) is 76.4 Å². The van der Waals surface area contributed by atoms with Crippen LogP contribution >= 0.6 is 0 Å². The Morgan fingerprint density at radius 3 is 1.26 bits per heavy atom. The highest BCUT2D eigenvalue weighted by atomic mass is 16.1. The van der Waals surface area contributed by atoms with Gasteiger partial charge in [0.15, 0.2) is 0 Å². The van der Waals surface area contributed by atoms with Crippen LogP contribution in [0, 0.1) is 48.4 Å². The molecule has 34 heavy (non-hydrogen) atoms.